The minimum atomic E-state index is 0.0726. The Labute approximate surface area is 167 Å². The molecule has 3 aliphatic rings. The molecule has 0 radical (unpaired) electrons. The molecule has 1 aromatic heterocycles. The normalized spacial score (nSPS) is 22.2. The van der Waals surface area contributed by atoms with Crippen LogP contribution in [0.25, 0.3) is 0 Å². The fourth-order valence-corrected chi connectivity index (χ4v) is 4.70. The molecular weight excluding hydrogens is 352 g/mol. The third kappa shape index (κ3) is 4.31. The Morgan fingerprint density at radius 1 is 1.07 bits per heavy atom. The Kier molecular flexibility index (Phi) is 5.83. The Bertz CT molecular complexity index is 691. The molecule has 28 heavy (non-hydrogen) atoms. The van der Waals surface area contributed by atoms with Gasteiger partial charge < -0.3 is 14.7 Å². The van der Waals surface area contributed by atoms with Gasteiger partial charge in [-0.15, -0.1) is 0 Å². The number of carbonyl (C=O) groups excluding carboxylic acids is 2. The summed E-state index contributed by atoms with van der Waals surface area (Å²) >= 11 is 0. The molecule has 1 aliphatic carbocycles. The SMILES string of the molecule is CC1CCN(C(=O)c2ccc(N3CCN(CC4CCCC4)C(=O)C3)nc2)CC1. The molecule has 3 fully saturated rings. The summed E-state index contributed by atoms with van der Waals surface area (Å²) in [6.07, 6.45) is 8.97. The van der Waals surface area contributed by atoms with Crippen molar-refractivity contribution in [1.29, 1.82) is 0 Å². The second-order valence-electron chi connectivity index (χ2n) is 8.79. The summed E-state index contributed by atoms with van der Waals surface area (Å²) in [7, 11) is 0. The van der Waals surface area contributed by atoms with Crippen LogP contribution in [-0.2, 0) is 4.79 Å². The van der Waals surface area contributed by atoms with Crippen molar-refractivity contribution in [2.45, 2.75) is 45.4 Å². The number of rotatable bonds is 4. The van der Waals surface area contributed by atoms with Crippen LogP contribution in [0.5, 0.6) is 0 Å². The molecule has 0 spiro atoms. The topological polar surface area (TPSA) is 56.8 Å². The van der Waals surface area contributed by atoms with Gasteiger partial charge in [0.15, 0.2) is 0 Å². The Hall–Kier alpha value is -2.11. The second-order valence-corrected chi connectivity index (χ2v) is 8.79. The number of aromatic nitrogens is 1. The molecule has 0 unspecified atom stereocenters. The first kappa shape index (κ1) is 19.2. The largest absolute Gasteiger partial charge is 0.346 e. The van der Waals surface area contributed by atoms with E-state index in [1.807, 2.05) is 26.8 Å². The first-order valence-electron chi connectivity index (χ1n) is 10.9. The van der Waals surface area contributed by atoms with Gasteiger partial charge in [0.2, 0.25) is 5.91 Å². The number of hydrogen-bond acceptors (Lipinski definition) is 4. The minimum absolute atomic E-state index is 0.0726. The number of piperidine rings is 1. The van der Waals surface area contributed by atoms with Crippen molar-refractivity contribution in [3.63, 3.8) is 0 Å². The molecule has 2 saturated heterocycles. The van der Waals surface area contributed by atoms with Gasteiger partial charge in [0.1, 0.15) is 5.82 Å². The van der Waals surface area contributed by atoms with Crippen molar-refractivity contribution in [2.75, 3.05) is 44.2 Å². The fourth-order valence-electron chi connectivity index (χ4n) is 4.70. The molecule has 0 atom stereocenters. The Morgan fingerprint density at radius 2 is 1.82 bits per heavy atom. The molecule has 1 saturated carbocycles. The van der Waals surface area contributed by atoms with Gasteiger partial charge in [-0.1, -0.05) is 19.8 Å². The lowest BCUT2D eigenvalue weighted by atomic mass is 9.99. The average molecular weight is 385 g/mol. The van der Waals surface area contributed by atoms with Crippen LogP contribution in [0.15, 0.2) is 18.3 Å². The maximum Gasteiger partial charge on any atom is 0.255 e. The van der Waals surface area contributed by atoms with E-state index < -0.39 is 0 Å². The highest BCUT2D eigenvalue weighted by molar-refractivity contribution is 5.94. The standard InChI is InChI=1S/C22H32N4O2/c1-17-8-10-24(11-9-17)22(28)19-6-7-20(23-14-19)25-12-13-26(21(27)16-25)15-18-4-2-3-5-18/h6-7,14,17-18H,2-5,8-13,15-16H2,1H3. The van der Waals surface area contributed by atoms with Crippen LogP contribution in [0.2, 0.25) is 0 Å². The molecule has 152 valence electrons. The zero-order valence-electron chi connectivity index (χ0n) is 17.0. The number of nitrogens with zero attached hydrogens (tertiary/aromatic N) is 4. The molecule has 0 N–H and O–H groups in total. The lowest BCUT2D eigenvalue weighted by Crippen LogP contribution is -2.51. The van der Waals surface area contributed by atoms with Crippen LogP contribution in [0.4, 0.5) is 5.82 Å². The number of amides is 2. The highest BCUT2D eigenvalue weighted by Crippen LogP contribution is 2.26. The molecule has 6 heteroatoms. The second kappa shape index (κ2) is 8.50. The summed E-state index contributed by atoms with van der Waals surface area (Å²) in [6, 6.07) is 3.75. The van der Waals surface area contributed by atoms with E-state index >= 15 is 0 Å². The quantitative estimate of drug-likeness (QED) is 0.801. The van der Waals surface area contributed by atoms with Gasteiger partial charge in [0.05, 0.1) is 12.1 Å². The summed E-state index contributed by atoms with van der Waals surface area (Å²) in [5.41, 5.74) is 0.643. The molecule has 1 aromatic rings. The van der Waals surface area contributed by atoms with Crippen LogP contribution in [0.1, 0.15) is 55.8 Å². The van der Waals surface area contributed by atoms with E-state index in [1.54, 1.807) is 6.20 Å². The zero-order chi connectivity index (χ0) is 19.5. The number of carbonyl (C=O) groups is 2. The van der Waals surface area contributed by atoms with E-state index in [2.05, 4.69) is 11.9 Å². The number of likely N-dealkylation sites (tertiary alicyclic amines) is 1. The van der Waals surface area contributed by atoms with Gasteiger partial charge in [-0.2, -0.15) is 0 Å². The number of pyridine rings is 1. The van der Waals surface area contributed by atoms with Crippen molar-refractivity contribution in [2.24, 2.45) is 11.8 Å². The summed E-state index contributed by atoms with van der Waals surface area (Å²) in [4.78, 5) is 35.7. The van der Waals surface area contributed by atoms with Gasteiger partial charge in [-0.3, -0.25) is 9.59 Å². The van der Waals surface area contributed by atoms with E-state index in [-0.39, 0.29) is 11.8 Å². The van der Waals surface area contributed by atoms with Gasteiger partial charge in [-0.05, 0) is 49.7 Å². The maximum absolute atomic E-state index is 12.7. The average Bonchev–Trinajstić information content (AvgIpc) is 3.23. The number of anilines is 1. The first-order valence-corrected chi connectivity index (χ1v) is 10.9. The molecule has 0 bridgehead atoms. The minimum Gasteiger partial charge on any atom is -0.346 e. The Morgan fingerprint density at radius 3 is 2.46 bits per heavy atom. The van der Waals surface area contributed by atoms with E-state index in [0.29, 0.717) is 23.9 Å². The van der Waals surface area contributed by atoms with Crippen molar-refractivity contribution in [3.05, 3.63) is 23.9 Å². The molecule has 3 heterocycles. The monoisotopic (exact) mass is 384 g/mol. The van der Waals surface area contributed by atoms with E-state index in [4.69, 9.17) is 0 Å². The molecule has 2 aliphatic heterocycles. The highest BCUT2D eigenvalue weighted by Gasteiger charge is 2.28. The fraction of sp³-hybridized carbons (Fsp3) is 0.682. The van der Waals surface area contributed by atoms with Gasteiger partial charge in [0.25, 0.3) is 5.91 Å². The number of hydrogen-bond donors (Lipinski definition) is 0. The van der Waals surface area contributed by atoms with Crippen LogP contribution < -0.4 is 4.90 Å². The molecule has 0 aromatic carbocycles. The molecule has 6 nitrogen and oxygen atoms in total. The van der Waals surface area contributed by atoms with Crippen molar-refractivity contribution >= 4 is 17.6 Å². The molecular formula is C22H32N4O2. The van der Waals surface area contributed by atoms with Crippen molar-refractivity contribution in [3.8, 4) is 0 Å². The lowest BCUT2D eigenvalue weighted by molar-refractivity contribution is -0.131. The predicted molar refractivity (Wildman–Crippen MR) is 109 cm³/mol. The molecule has 4 rings (SSSR count). The van der Waals surface area contributed by atoms with Crippen LogP contribution in [-0.4, -0.2) is 65.9 Å². The summed E-state index contributed by atoms with van der Waals surface area (Å²) < 4.78 is 0. The van der Waals surface area contributed by atoms with Crippen LogP contribution in [0.3, 0.4) is 0 Å². The van der Waals surface area contributed by atoms with Crippen LogP contribution >= 0.6 is 0 Å². The predicted octanol–water partition coefficient (Wildman–Crippen LogP) is 2.79. The van der Waals surface area contributed by atoms with Crippen molar-refractivity contribution < 1.29 is 9.59 Å². The van der Waals surface area contributed by atoms with Crippen LogP contribution in [0, 0.1) is 11.8 Å². The van der Waals surface area contributed by atoms with Gasteiger partial charge in [0, 0.05) is 38.9 Å². The first-order chi connectivity index (χ1) is 13.6. The highest BCUT2D eigenvalue weighted by atomic mass is 16.2. The summed E-state index contributed by atoms with van der Waals surface area (Å²) in [5, 5.41) is 0. The van der Waals surface area contributed by atoms with E-state index in [9.17, 15) is 9.59 Å². The van der Waals surface area contributed by atoms with E-state index in [0.717, 1.165) is 51.4 Å². The lowest BCUT2D eigenvalue weighted by Gasteiger charge is -2.36. The number of piperazine rings is 1. The zero-order valence-corrected chi connectivity index (χ0v) is 17.0. The third-order valence-corrected chi connectivity index (χ3v) is 6.66. The molecule has 2 amide bonds. The summed E-state index contributed by atoms with van der Waals surface area (Å²) in [5.74, 6) is 2.45. The Balaban J connectivity index is 1.32. The summed E-state index contributed by atoms with van der Waals surface area (Å²) in [6.45, 7) is 6.79. The smallest absolute Gasteiger partial charge is 0.255 e. The third-order valence-electron chi connectivity index (χ3n) is 6.66. The van der Waals surface area contributed by atoms with Crippen molar-refractivity contribution in [1.82, 2.24) is 14.8 Å². The van der Waals surface area contributed by atoms with Gasteiger partial charge >= 0.3 is 0 Å². The van der Waals surface area contributed by atoms with E-state index in [1.165, 1.54) is 25.7 Å². The van der Waals surface area contributed by atoms with Gasteiger partial charge in [-0.25, -0.2) is 4.98 Å². The maximum atomic E-state index is 12.7.